The number of amides is 1. The minimum absolute atomic E-state index is 0.101. The van der Waals surface area contributed by atoms with Gasteiger partial charge in [-0.1, -0.05) is 17.7 Å². The molecule has 0 bridgehead atoms. The van der Waals surface area contributed by atoms with Crippen LogP contribution in [0.25, 0.3) is 0 Å². The fourth-order valence-electron chi connectivity index (χ4n) is 1.94. The van der Waals surface area contributed by atoms with Crippen molar-refractivity contribution in [2.24, 2.45) is 0 Å². The first-order chi connectivity index (χ1) is 9.29. The van der Waals surface area contributed by atoms with Gasteiger partial charge in [-0.15, -0.1) is 0 Å². The molecule has 7 heteroatoms. The molecular formula is C13H10ClF4NO. The first kappa shape index (κ1) is 14.8. The molecule has 2 nitrogen and oxygen atoms in total. The lowest BCUT2D eigenvalue weighted by molar-refractivity contribution is -0.0957. The quantitative estimate of drug-likeness (QED) is 0.570. The topological polar surface area (TPSA) is 20.3 Å². The second-order valence-electron chi connectivity index (χ2n) is 4.35. The van der Waals surface area contributed by atoms with Crippen LogP contribution in [0.3, 0.4) is 0 Å². The summed E-state index contributed by atoms with van der Waals surface area (Å²) < 4.78 is 50.9. The van der Waals surface area contributed by atoms with Gasteiger partial charge in [-0.05, 0) is 24.6 Å². The molecule has 1 amide bonds. The van der Waals surface area contributed by atoms with Gasteiger partial charge >= 0.3 is 6.18 Å². The summed E-state index contributed by atoms with van der Waals surface area (Å²) in [5.41, 5.74) is -0.894. The van der Waals surface area contributed by atoms with Crippen LogP contribution >= 0.6 is 11.6 Å². The van der Waals surface area contributed by atoms with Crippen molar-refractivity contribution < 1.29 is 22.4 Å². The van der Waals surface area contributed by atoms with E-state index >= 15 is 0 Å². The van der Waals surface area contributed by atoms with E-state index in [1.165, 1.54) is 12.1 Å². The Morgan fingerprint density at radius 2 is 2.00 bits per heavy atom. The minimum Gasteiger partial charge on any atom is -0.334 e. The average Bonchev–Trinajstić information content (AvgIpc) is 2.40. The molecule has 20 heavy (non-hydrogen) atoms. The number of halogens is 5. The molecule has 0 aliphatic carbocycles. The Balaban J connectivity index is 2.17. The van der Waals surface area contributed by atoms with Gasteiger partial charge in [0.2, 0.25) is 0 Å². The maximum Gasteiger partial charge on any atom is 0.412 e. The number of benzene rings is 1. The van der Waals surface area contributed by atoms with E-state index in [0.29, 0.717) is 0 Å². The third-order valence-corrected chi connectivity index (χ3v) is 3.25. The summed E-state index contributed by atoms with van der Waals surface area (Å²) in [7, 11) is 0. The lowest BCUT2D eigenvalue weighted by Gasteiger charge is -2.27. The minimum atomic E-state index is -4.38. The molecule has 0 spiro atoms. The first-order valence-electron chi connectivity index (χ1n) is 5.79. The Kier molecular flexibility index (Phi) is 4.04. The van der Waals surface area contributed by atoms with E-state index in [1.807, 2.05) is 0 Å². The smallest absolute Gasteiger partial charge is 0.334 e. The number of alkyl halides is 3. The maximum atomic E-state index is 13.5. The van der Waals surface area contributed by atoms with E-state index in [4.69, 9.17) is 11.6 Å². The summed E-state index contributed by atoms with van der Waals surface area (Å²) in [5.74, 6) is -1.41. The van der Waals surface area contributed by atoms with Crippen molar-refractivity contribution in [2.75, 3.05) is 13.1 Å². The van der Waals surface area contributed by atoms with Gasteiger partial charge in [0, 0.05) is 23.7 Å². The van der Waals surface area contributed by atoms with Crippen LogP contribution in [0.5, 0.6) is 0 Å². The molecule has 2 rings (SSSR count). The second kappa shape index (κ2) is 5.44. The fraction of sp³-hybridized carbons (Fsp3) is 0.308. The Morgan fingerprint density at radius 3 is 2.55 bits per heavy atom. The molecule has 1 aliphatic rings. The lowest BCUT2D eigenvalue weighted by Crippen LogP contribution is -2.37. The van der Waals surface area contributed by atoms with Gasteiger partial charge in [0.15, 0.2) is 0 Å². The van der Waals surface area contributed by atoms with Gasteiger partial charge in [0.1, 0.15) is 5.82 Å². The van der Waals surface area contributed by atoms with E-state index in [9.17, 15) is 22.4 Å². The van der Waals surface area contributed by atoms with Crippen LogP contribution in [0.4, 0.5) is 17.6 Å². The van der Waals surface area contributed by atoms with Gasteiger partial charge < -0.3 is 4.90 Å². The molecule has 0 aromatic heterocycles. The molecule has 0 atom stereocenters. The van der Waals surface area contributed by atoms with Gasteiger partial charge in [-0.25, -0.2) is 4.39 Å². The monoisotopic (exact) mass is 307 g/mol. The highest BCUT2D eigenvalue weighted by atomic mass is 35.5. The molecule has 0 fully saturated rings. The molecule has 0 N–H and O–H groups in total. The number of hydrogen-bond donors (Lipinski definition) is 0. The zero-order valence-corrected chi connectivity index (χ0v) is 10.9. The van der Waals surface area contributed by atoms with E-state index in [1.54, 1.807) is 0 Å². The highest BCUT2D eigenvalue weighted by Gasteiger charge is 2.35. The number of nitrogens with zero attached hydrogens (tertiary/aromatic N) is 1. The Labute approximate surface area is 117 Å². The molecule has 0 saturated carbocycles. The number of rotatable bonds is 1. The number of carbonyl (C=O) groups excluding carboxylic acids is 1. The van der Waals surface area contributed by atoms with Crippen LogP contribution in [0.1, 0.15) is 16.8 Å². The third-order valence-electron chi connectivity index (χ3n) is 3.02. The second-order valence-corrected chi connectivity index (χ2v) is 4.79. The predicted molar refractivity (Wildman–Crippen MR) is 66.1 cm³/mol. The summed E-state index contributed by atoms with van der Waals surface area (Å²) in [5, 5.41) is 0.193. The van der Waals surface area contributed by atoms with Crippen LogP contribution in [0.2, 0.25) is 5.02 Å². The summed E-state index contributed by atoms with van der Waals surface area (Å²) >= 11 is 5.68. The first-order valence-corrected chi connectivity index (χ1v) is 6.17. The van der Waals surface area contributed by atoms with E-state index in [-0.39, 0.29) is 30.1 Å². The summed E-state index contributed by atoms with van der Waals surface area (Å²) in [6.07, 6.45) is -3.72. The van der Waals surface area contributed by atoms with Crippen molar-refractivity contribution in [3.63, 3.8) is 0 Å². The Bertz CT molecular complexity index is 568. The van der Waals surface area contributed by atoms with Crippen LogP contribution in [-0.4, -0.2) is 30.1 Å². The summed E-state index contributed by atoms with van der Waals surface area (Å²) in [6, 6.07) is 3.52. The van der Waals surface area contributed by atoms with Crippen LogP contribution in [0, 0.1) is 5.82 Å². The molecule has 1 aromatic rings. The molecule has 1 heterocycles. The van der Waals surface area contributed by atoms with Crippen LogP contribution in [-0.2, 0) is 0 Å². The van der Waals surface area contributed by atoms with Crippen molar-refractivity contribution in [1.29, 1.82) is 0 Å². The maximum absolute atomic E-state index is 13.5. The fourth-order valence-corrected chi connectivity index (χ4v) is 2.11. The summed E-state index contributed by atoms with van der Waals surface area (Å²) in [6.45, 7) is -0.296. The lowest BCUT2D eigenvalue weighted by atomic mass is 10.1. The molecule has 1 aromatic carbocycles. The van der Waals surface area contributed by atoms with Gasteiger partial charge in [0.25, 0.3) is 5.91 Å². The van der Waals surface area contributed by atoms with Crippen LogP contribution in [0.15, 0.2) is 29.8 Å². The number of carbonyl (C=O) groups is 1. The van der Waals surface area contributed by atoms with Crippen molar-refractivity contribution in [1.82, 2.24) is 4.90 Å². The Morgan fingerprint density at radius 1 is 1.30 bits per heavy atom. The van der Waals surface area contributed by atoms with Crippen molar-refractivity contribution in [3.05, 3.63) is 46.3 Å². The highest BCUT2D eigenvalue weighted by molar-refractivity contribution is 6.31. The van der Waals surface area contributed by atoms with Gasteiger partial charge in [0.05, 0.1) is 5.56 Å². The normalized spacial score (nSPS) is 16.1. The zero-order valence-electron chi connectivity index (χ0n) is 10.2. The summed E-state index contributed by atoms with van der Waals surface area (Å²) in [4.78, 5) is 13.2. The molecular weight excluding hydrogens is 298 g/mol. The Hall–Kier alpha value is -1.56. The van der Waals surface area contributed by atoms with Crippen molar-refractivity contribution in [2.45, 2.75) is 12.6 Å². The third kappa shape index (κ3) is 3.12. The highest BCUT2D eigenvalue weighted by Crippen LogP contribution is 2.30. The van der Waals surface area contributed by atoms with Crippen molar-refractivity contribution >= 4 is 17.5 Å². The van der Waals surface area contributed by atoms with Gasteiger partial charge in [-0.3, -0.25) is 4.79 Å². The average molecular weight is 308 g/mol. The standard InChI is InChI=1S/C13H10ClF4NO/c14-9-1-2-11(15)10(7-9)12(20)19-5-3-8(4-6-19)13(16,17)18/h1-3,7H,4-6H2. The number of hydrogen-bond acceptors (Lipinski definition) is 1. The van der Waals surface area contributed by atoms with Gasteiger partial charge in [-0.2, -0.15) is 13.2 Å². The molecule has 1 aliphatic heterocycles. The van der Waals surface area contributed by atoms with Crippen LogP contribution < -0.4 is 0 Å². The SMILES string of the molecule is O=C(c1cc(Cl)ccc1F)N1CC=C(C(F)(F)F)CC1. The van der Waals surface area contributed by atoms with E-state index < -0.39 is 23.5 Å². The zero-order chi connectivity index (χ0) is 14.9. The predicted octanol–water partition coefficient (Wildman–Crippen LogP) is 3.81. The largest absolute Gasteiger partial charge is 0.412 e. The van der Waals surface area contributed by atoms with Crippen molar-refractivity contribution in [3.8, 4) is 0 Å². The van der Waals surface area contributed by atoms with E-state index in [0.717, 1.165) is 17.0 Å². The molecule has 0 radical (unpaired) electrons. The molecule has 0 unspecified atom stereocenters. The molecule has 0 saturated heterocycles. The molecule has 108 valence electrons. The van der Waals surface area contributed by atoms with E-state index in [2.05, 4.69) is 0 Å².